The van der Waals surface area contributed by atoms with Crippen molar-refractivity contribution in [3.05, 3.63) is 17.5 Å². The predicted molar refractivity (Wildman–Crippen MR) is 90.7 cm³/mol. The summed E-state index contributed by atoms with van der Waals surface area (Å²) >= 11 is 0. The van der Waals surface area contributed by atoms with Gasteiger partial charge in [0.1, 0.15) is 0 Å². The van der Waals surface area contributed by atoms with Crippen molar-refractivity contribution in [2.45, 2.75) is 26.2 Å². The van der Waals surface area contributed by atoms with Crippen LogP contribution in [0.3, 0.4) is 0 Å². The van der Waals surface area contributed by atoms with Crippen LogP contribution in [0.1, 0.15) is 35.3 Å². The molecule has 0 aliphatic carbocycles. The van der Waals surface area contributed by atoms with E-state index in [9.17, 15) is 9.59 Å². The molecule has 0 spiro atoms. The number of hydrogen-bond donors (Lipinski definition) is 0. The van der Waals surface area contributed by atoms with Crippen LogP contribution in [-0.2, 0) is 11.8 Å². The first-order valence-electron chi connectivity index (χ1n) is 8.84. The van der Waals surface area contributed by atoms with Gasteiger partial charge in [0, 0.05) is 52.0 Å². The number of nitrogens with zero attached hydrogens (tertiary/aromatic N) is 5. The molecule has 3 heterocycles. The Labute approximate surface area is 143 Å². The van der Waals surface area contributed by atoms with Crippen molar-refractivity contribution in [2.75, 3.05) is 45.8 Å². The standard InChI is InChI=1S/C17H27N5O2/c1-14-15(12-18-19(14)2)17(24)22-10-8-20(9-11-22)13-16(23)21-6-4-3-5-7-21/h12H,3-11,13H2,1-2H3. The van der Waals surface area contributed by atoms with E-state index in [0.717, 1.165) is 44.7 Å². The van der Waals surface area contributed by atoms with Gasteiger partial charge in [0.25, 0.3) is 5.91 Å². The Kier molecular flexibility index (Phi) is 5.18. The van der Waals surface area contributed by atoms with Crippen molar-refractivity contribution in [2.24, 2.45) is 7.05 Å². The quantitative estimate of drug-likeness (QED) is 0.808. The predicted octanol–water partition coefficient (Wildman–Crippen LogP) is 0.499. The molecule has 2 saturated heterocycles. The van der Waals surface area contributed by atoms with E-state index < -0.39 is 0 Å². The molecule has 132 valence electrons. The van der Waals surface area contributed by atoms with Crippen molar-refractivity contribution in [1.82, 2.24) is 24.5 Å². The van der Waals surface area contributed by atoms with Gasteiger partial charge in [-0.25, -0.2) is 0 Å². The van der Waals surface area contributed by atoms with Gasteiger partial charge in [-0.2, -0.15) is 5.10 Å². The summed E-state index contributed by atoms with van der Waals surface area (Å²) in [7, 11) is 1.84. The van der Waals surface area contributed by atoms with E-state index in [-0.39, 0.29) is 11.8 Å². The summed E-state index contributed by atoms with van der Waals surface area (Å²) in [6, 6.07) is 0. The van der Waals surface area contributed by atoms with E-state index in [1.54, 1.807) is 10.9 Å². The Hall–Kier alpha value is -1.89. The van der Waals surface area contributed by atoms with Crippen molar-refractivity contribution >= 4 is 11.8 Å². The van der Waals surface area contributed by atoms with Gasteiger partial charge < -0.3 is 9.80 Å². The molecule has 2 amide bonds. The number of carbonyl (C=O) groups is 2. The van der Waals surface area contributed by atoms with Crippen LogP contribution in [-0.4, -0.2) is 82.1 Å². The molecule has 0 N–H and O–H groups in total. The number of piperazine rings is 1. The van der Waals surface area contributed by atoms with Crippen molar-refractivity contribution in [3.63, 3.8) is 0 Å². The van der Waals surface area contributed by atoms with Crippen molar-refractivity contribution in [3.8, 4) is 0 Å². The van der Waals surface area contributed by atoms with Crippen LogP contribution in [0.2, 0.25) is 0 Å². The molecule has 0 unspecified atom stereocenters. The van der Waals surface area contributed by atoms with Gasteiger partial charge in [0.05, 0.1) is 18.3 Å². The molecule has 0 saturated carbocycles. The second-order valence-corrected chi connectivity index (χ2v) is 6.78. The summed E-state index contributed by atoms with van der Waals surface area (Å²) in [6.45, 7) is 7.03. The molecule has 7 heteroatoms. The third-order valence-corrected chi connectivity index (χ3v) is 5.19. The fourth-order valence-electron chi connectivity index (χ4n) is 3.42. The third-order valence-electron chi connectivity index (χ3n) is 5.19. The zero-order valence-corrected chi connectivity index (χ0v) is 14.7. The highest BCUT2D eigenvalue weighted by Gasteiger charge is 2.26. The molecule has 0 atom stereocenters. The van der Waals surface area contributed by atoms with Gasteiger partial charge in [0.2, 0.25) is 5.91 Å². The first-order chi connectivity index (χ1) is 11.6. The number of piperidine rings is 1. The van der Waals surface area contributed by atoms with E-state index in [1.807, 2.05) is 23.8 Å². The topological polar surface area (TPSA) is 61.7 Å². The minimum Gasteiger partial charge on any atom is -0.342 e. The molecule has 2 aliphatic rings. The molecule has 24 heavy (non-hydrogen) atoms. The summed E-state index contributed by atoms with van der Waals surface area (Å²) in [5.74, 6) is 0.278. The Balaban J connectivity index is 1.49. The summed E-state index contributed by atoms with van der Waals surface area (Å²) < 4.78 is 1.72. The lowest BCUT2D eigenvalue weighted by atomic mass is 10.1. The zero-order valence-electron chi connectivity index (χ0n) is 14.7. The minimum absolute atomic E-state index is 0.0441. The second-order valence-electron chi connectivity index (χ2n) is 6.78. The van der Waals surface area contributed by atoms with Crippen LogP contribution in [0.15, 0.2) is 6.20 Å². The van der Waals surface area contributed by atoms with Gasteiger partial charge >= 0.3 is 0 Å². The monoisotopic (exact) mass is 333 g/mol. The summed E-state index contributed by atoms with van der Waals surface area (Å²) in [6.07, 6.45) is 5.12. The average Bonchev–Trinajstić information content (AvgIpc) is 2.95. The lowest BCUT2D eigenvalue weighted by Crippen LogP contribution is -2.52. The summed E-state index contributed by atoms with van der Waals surface area (Å²) in [4.78, 5) is 30.9. The fraction of sp³-hybridized carbons (Fsp3) is 0.706. The van der Waals surface area contributed by atoms with Crippen LogP contribution >= 0.6 is 0 Å². The number of likely N-dealkylation sites (tertiary alicyclic amines) is 1. The number of rotatable bonds is 3. The molecule has 7 nitrogen and oxygen atoms in total. The van der Waals surface area contributed by atoms with Crippen LogP contribution in [0, 0.1) is 6.92 Å². The Morgan fingerprint density at radius 3 is 2.25 bits per heavy atom. The van der Waals surface area contributed by atoms with Crippen molar-refractivity contribution < 1.29 is 9.59 Å². The Bertz CT molecular complexity index is 598. The lowest BCUT2D eigenvalue weighted by Gasteiger charge is -2.36. The van der Waals surface area contributed by atoms with E-state index in [0.29, 0.717) is 25.2 Å². The highest BCUT2D eigenvalue weighted by Crippen LogP contribution is 2.13. The summed E-state index contributed by atoms with van der Waals surface area (Å²) in [5.41, 5.74) is 1.57. The van der Waals surface area contributed by atoms with Crippen LogP contribution in [0.4, 0.5) is 0 Å². The molecular weight excluding hydrogens is 306 g/mol. The maximum absolute atomic E-state index is 12.6. The zero-order chi connectivity index (χ0) is 17.1. The number of carbonyl (C=O) groups excluding carboxylic acids is 2. The molecule has 1 aromatic rings. The SMILES string of the molecule is Cc1c(C(=O)N2CCN(CC(=O)N3CCCCC3)CC2)cnn1C. The van der Waals surface area contributed by atoms with Crippen LogP contribution < -0.4 is 0 Å². The highest BCUT2D eigenvalue weighted by molar-refractivity contribution is 5.95. The molecule has 0 radical (unpaired) electrons. The van der Waals surface area contributed by atoms with E-state index in [2.05, 4.69) is 10.00 Å². The maximum Gasteiger partial charge on any atom is 0.257 e. The molecule has 3 rings (SSSR count). The van der Waals surface area contributed by atoms with E-state index in [4.69, 9.17) is 0 Å². The fourth-order valence-corrected chi connectivity index (χ4v) is 3.42. The first kappa shape index (κ1) is 17.0. The van der Waals surface area contributed by atoms with Crippen molar-refractivity contribution in [1.29, 1.82) is 0 Å². The van der Waals surface area contributed by atoms with Crippen LogP contribution in [0.5, 0.6) is 0 Å². The van der Waals surface area contributed by atoms with E-state index in [1.165, 1.54) is 6.42 Å². The normalized spacial score (nSPS) is 19.6. The van der Waals surface area contributed by atoms with Crippen LogP contribution in [0.25, 0.3) is 0 Å². The largest absolute Gasteiger partial charge is 0.342 e. The second kappa shape index (κ2) is 7.34. The smallest absolute Gasteiger partial charge is 0.257 e. The molecular formula is C17H27N5O2. The molecule has 2 fully saturated rings. The maximum atomic E-state index is 12.6. The molecule has 0 bridgehead atoms. The van der Waals surface area contributed by atoms with Gasteiger partial charge in [-0.15, -0.1) is 0 Å². The minimum atomic E-state index is 0.0441. The Morgan fingerprint density at radius 1 is 1.00 bits per heavy atom. The number of amides is 2. The third kappa shape index (κ3) is 3.61. The van der Waals surface area contributed by atoms with Gasteiger partial charge in [-0.1, -0.05) is 0 Å². The Morgan fingerprint density at radius 2 is 1.67 bits per heavy atom. The molecule has 1 aromatic heterocycles. The summed E-state index contributed by atoms with van der Waals surface area (Å²) in [5, 5.41) is 4.15. The average molecular weight is 333 g/mol. The number of aromatic nitrogens is 2. The molecule has 0 aromatic carbocycles. The number of hydrogen-bond acceptors (Lipinski definition) is 4. The van der Waals surface area contributed by atoms with Gasteiger partial charge in [-0.3, -0.25) is 19.2 Å². The van der Waals surface area contributed by atoms with Gasteiger partial charge in [0.15, 0.2) is 0 Å². The number of aryl methyl sites for hydroxylation is 1. The highest BCUT2D eigenvalue weighted by atomic mass is 16.2. The van der Waals surface area contributed by atoms with Gasteiger partial charge in [-0.05, 0) is 26.2 Å². The lowest BCUT2D eigenvalue weighted by molar-refractivity contribution is -0.133. The van der Waals surface area contributed by atoms with E-state index >= 15 is 0 Å². The molecule has 2 aliphatic heterocycles. The first-order valence-corrected chi connectivity index (χ1v) is 8.84.